The van der Waals surface area contributed by atoms with Crippen LogP contribution in [0.25, 0.3) is 11.0 Å². The first-order valence-electron chi connectivity index (χ1n) is 6.92. The van der Waals surface area contributed by atoms with Crippen LogP contribution in [-0.2, 0) is 13.0 Å². The summed E-state index contributed by atoms with van der Waals surface area (Å²) < 4.78 is 1.07. The van der Waals surface area contributed by atoms with Crippen LogP contribution in [0.15, 0.2) is 47.2 Å². The van der Waals surface area contributed by atoms with Gasteiger partial charge in [-0.15, -0.1) is 0 Å². The Morgan fingerprint density at radius 3 is 2.81 bits per heavy atom. The second-order valence-electron chi connectivity index (χ2n) is 5.19. The van der Waals surface area contributed by atoms with Gasteiger partial charge in [0.2, 0.25) is 0 Å². The van der Waals surface area contributed by atoms with E-state index in [1.54, 1.807) is 0 Å². The van der Waals surface area contributed by atoms with Gasteiger partial charge < -0.3 is 4.98 Å². The third-order valence-electron chi connectivity index (χ3n) is 3.44. The summed E-state index contributed by atoms with van der Waals surface area (Å²) >= 11 is 3.48. The van der Waals surface area contributed by atoms with Crippen LogP contribution in [0.1, 0.15) is 11.4 Å². The van der Waals surface area contributed by atoms with Gasteiger partial charge >= 0.3 is 0 Å². The summed E-state index contributed by atoms with van der Waals surface area (Å²) in [6.07, 6.45) is 4.70. The van der Waals surface area contributed by atoms with Crippen molar-refractivity contribution >= 4 is 27.0 Å². The summed E-state index contributed by atoms with van der Waals surface area (Å²) in [5, 5.41) is 0. The third-order valence-corrected chi connectivity index (χ3v) is 3.94. The molecule has 0 saturated carbocycles. The van der Waals surface area contributed by atoms with Crippen molar-refractivity contribution in [1.29, 1.82) is 0 Å². The van der Waals surface area contributed by atoms with Crippen molar-refractivity contribution in [1.82, 2.24) is 19.9 Å². The first kappa shape index (κ1) is 14.2. The zero-order chi connectivity index (χ0) is 14.7. The second-order valence-corrected chi connectivity index (χ2v) is 6.10. The van der Waals surface area contributed by atoms with Gasteiger partial charge in [-0.1, -0.05) is 15.9 Å². The Morgan fingerprint density at radius 1 is 1.19 bits per heavy atom. The molecule has 0 saturated heterocycles. The van der Waals surface area contributed by atoms with Crippen LogP contribution >= 0.6 is 15.9 Å². The SMILES string of the molecule is CN(CCc1ccncc1)Cc1nc2ccc(Br)cc2[nH]1. The number of hydrogen-bond acceptors (Lipinski definition) is 3. The summed E-state index contributed by atoms with van der Waals surface area (Å²) in [6, 6.07) is 10.2. The molecule has 0 fully saturated rings. The molecule has 0 amide bonds. The smallest absolute Gasteiger partial charge is 0.121 e. The molecule has 0 atom stereocenters. The molecule has 0 bridgehead atoms. The summed E-state index contributed by atoms with van der Waals surface area (Å²) in [5.74, 6) is 1.00. The number of imidazole rings is 1. The van der Waals surface area contributed by atoms with E-state index in [0.29, 0.717) is 0 Å². The molecule has 3 rings (SSSR count). The standard InChI is InChI=1S/C16H17BrN4/c1-21(9-6-12-4-7-18-8-5-12)11-16-19-14-3-2-13(17)10-15(14)20-16/h2-5,7-8,10H,6,9,11H2,1H3,(H,19,20). The number of likely N-dealkylation sites (N-methyl/N-ethyl adjacent to an activating group) is 1. The van der Waals surface area contributed by atoms with E-state index in [1.165, 1.54) is 5.56 Å². The van der Waals surface area contributed by atoms with E-state index < -0.39 is 0 Å². The number of nitrogens with zero attached hydrogens (tertiary/aromatic N) is 3. The van der Waals surface area contributed by atoms with Gasteiger partial charge in [-0.05, 0) is 49.4 Å². The van der Waals surface area contributed by atoms with Crippen molar-refractivity contribution in [3.05, 3.63) is 58.6 Å². The van der Waals surface area contributed by atoms with Crippen molar-refractivity contribution in [2.75, 3.05) is 13.6 Å². The van der Waals surface area contributed by atoms with Crippen LogP contribution in [0, 0.1) is 0 Å². The van der Waals surface area contributed by atoms with Crippen LogP contribution in [0.3, 0.4) is 0 Å². The third kappa shape index (κ3) is 3.68. The number of halogens is 1. The normalized spacial score (nSPS) is 11.4. The summed E-state index contributed by atoms with van der Waals surface area (Å²) in [6.45, 7) is 1.81. The Balaban J connectivity index is 1.62. The van der Waals surface area contributed by atoms with Gasteiger partial charge in [-0.2, -0.15) is 0 Å². The lowest BCUT2D eigenvalue weighted by atomic mass is 10.2. The largest absolute Gasteiger partial charge is 0.341 e. The van der Waals surface area contributed by atoms with Crippen molar-refractivity contribution in [3.63, 3.8) is 0 Å². The quantitative estimate of drug-likeness (QED) is 0.771. The van der Waals surface area contributed by atoms with Gasteiger partial charge in [-0.3, -0.25) is 9.88 Å². The van der Waals surface area contributed by atoms with Gasteiger partial charge in [0.05, 0.1) is 17.6 Å². The van der Waals surface area contributed by atoms with Crippen molar-refractivity contribution in [3.8, 4) is 0 Å². The zero-order valence-electron chi connectivity index (χ0n) is 11.9. The highest BCUT2D eigenvalue weighted by Gasteiger charge is 2.06. The number of rotatable bonds is 5. The average Bonchev–Trinajstić information content (AvgIpc) is 2.87. The Hall–Kier alpha value is -1.72. The zero-order valence-corrected chi connectivity index (χ0v) is 13.5. The molecule has 3 aromatic rings. The fourth-order valence-corrected chi connectivity index (χ4v) is 2.67. The maximum atomic E-state index is 4.62. The lowest BCUT2D eigenvalue weighted by molar-refractivity contribution is 0.324. The van der Waals surface area contributed by atoms with E-state index >= 15 is 0 Å². The van der Waals surface area contributed by atoms with E-state index in [2.05, 4.69) is 61.0 Å². The molecule has 0 aliphatic heterocycles. The van der Waals surface area contributed by atoms with Gasteiger partial charge in [0.1, 0.15) is 5.82 Å². The minimum Gasteiger partial charge on any atom is -0.341 e. The number of benzene rings is 1. The molecular weight excluding hydrogens is 328 g/mol. The number of nitrogens with one attached hydrogen (secondary N) is 1. The minimum absolute atomic E-state index is 0.817. The van der Waals surface area contributed by atoms with E-state index in [1.807, 2.05) is 24.5 Å². The Kier molecular flexibility index (Phi) is 4.31. The predicted octanol–water partition coefficient (Wildman–Crippen LogP) is 3.39. The molecule has 5 heteroatoms. The lowest BCUT2D eigenvalue weighted by Gasteiger charge is -2.14. The van der Waals surface area contributed by atoms with Crippen LogP contribution in [-0.4, -0.2) is 33.4 Å². The van der Waals surface area contributed by atoms with E-state index in [-0.39, 0.29) is 0 Å². The fourth-order valence-electron chi connectivity index (χ4n) is 2.31. The van der Waals surface area contributed by atoms with E-state index in [0.717, 1.165) is 40.8 Å². The molecule has 108 valence electrons. The highest BCUT2D eigenvalue weighted by molar-refractivity contribution is 9.10. The average molecular weight is 345 g/mol. The fraction of sp³-hybridized carbons (Fsp3) is 0.250. The number of aromatic nitrogens is 3. The molecular formula is C16H17BrN4. The Labute approximate surface area is 132 Å². The first-order chi connectivity index (χ1) is 10.2. The van der Waals surface area contributed by atoms with Crippen LogP contribution in [0.5, 0.6) is 0 Å². The highest BCUT2D eigenvalue weighted by Crippen LogP contribution is 2.18. The Morgan fingerprint density at radius 2 is 2.00 bits per heavy atom. The summed E-state index contributed by atoms with van der Waals surface area (Å²) in [7, 11) is 2.12. The van der Waals surface area contributed by atoms with Crippen molar-refractivity contribution in [2.24, 2.45) is 0 Å². The molecule has 21 heavy (non-hydrogen) atoms. The van der Waals surface area contributed by atoms with Crippen LogP contribution in [0.4, 0.5) is 0 Å². The molecule has 0 spiro atoms. The van der Waals surface area contributed by atoms with Crippen LogP contribution < -0.4 is 0 Å². The molecule has 2 aromatic heterocycles. The molecule has 2 heterocycles. The number of hydrogen-bond donors (Lipinski definition) is 1. The topological polar surface area (TPSA) is 44.8 Å². The van der Waals surface area contributed by atoms with Gasteiger partial charge in [0.15, 0.2) is 0 Å². The van der Waals surface area contributed by atoms with Crippen molar-refractivity contribution < 1.29 is 0 Å². The van der Waals surface area contributed by atoms with E-state index in [4.69, 9.17) is 0 Å². The maximum absolute atomic E-state index is 4.62. The molecule has 1 aromatic carbocycles. The molecule has 0 aliphatic rings. The molecule has 1 N–H and O–H groups in total. The number of pyridine rings is 1. The second kappa shape index (κ2) is 6.37. The predicted molar refractivity (Wildman–Crippen MR) is 88.1 cm³/mol. The number of aromatic amines is 1. The number of H-pyrrole nitrogens is 1. The summed E-state index contributed by atoms with van der Waals surface area (Å²) in [4.78, 5) is 14.3. The molecule has 0 unspecified atom stereocenters. The van der Waals surface area contributed by atoms with Gasteiger partial charge in [-0.25, -0.2) is 4.98 Å². The molecule has 0 aliphatic carbocycles. The van der Waals surface area contributed by atoms with Gasteiger partial charge in [0, 0.05) is 23.4 Å². The monoisotopic (exact) mass is 344 g/mol. The molecule has 4 nitrogen and oxygen atoms in total. The highest BCUT2D eigenvalue weighted by atomic mass is 79.9. The van der Waals surface area contributed by atoms with Crippen molar-refractivity contribution in [2.45, 2.75) is 13.0 Å². The number of fused-ring (bicyclic) bond motifs is 1. The first-order valence-corrected chi connectivity index (χ1v) is 7.71. The van der Waals surface area contributed by atoms with Gasteiger partial charge in [0.25, 0.3) is 0 Å². The van der Waals surface area contributed by atoms with Crippen LogP contribution in [0.2, 0.25) is 0 Å². The minimum atomic E-state index is 0.817. The summed E-state index contributed by atoms with van der Waals surface area (Å²) in [5.41, 5.74) is 3.39. The maximum Gasteiger partial charge on any atom is 0.121 e. The lowest BCUT2D eigenvalue weighted by Crippen LogP contribution is -2.21. The molecule has 0 radical (unpaired) electrons. The Bertz CT molecular complexity index is 723. The van der Waals surface area contributed by atoms with E-state index in [9.17, 15) is 0 Å².